The summed E-state index contributed by atoms with van der Waals surface area (Å²) in [6.07, 6.45) is 0. The van der Waals surface area contributed by atoms with Crippen molar-refractivity contribution in [2.45, 2.75) is 19.3 Å². The maximum atomic E-state index is 5.13. The molecule has 4 heteroatoms. The summed E-state index contributed by atoms with van der Waals surface area (Å²) in [5.74, 6) is 1.93. The van der Waals surface area contributed by atoms with Crippen LogP contribution in [0.1, 0.15) is 25.0 Å². The molecule has 0 saturated heterocycles. The van der Waals surface area contributed by atoms with Crippen molar-refractivity contribution in [2.24, 2.45) is 0 Å². The molecule has 0 bridgehead atoms. The van der Waals surface area contributed by atoms with E-state index in [0.717, 1.165) is 33.4 Å². The minimum atomic E-state index is -0.145. The molecule has 1 aliphatic carbocycles. The second-order valence-electron chi connectivity index (χ2n) is 13.6. The number of rotatable bonds is 4. The second-order valence-corrected chi connectivity index (χ2v) is 13.6. The van der Waals surface area contributed by atoms with Crippen molar-refractivity contribution in [1.29, 1.82) is 0 Å². The fraction of sp³-hybridized carbons (Fsp3) is 0.0652. The summed E-state index contributed by atoms with van der Waals surface area (Å²) in [7, 11) is 0. The third kappa shape index (κ3) is 4.15. The Morgan fingerprint density at radius 3 is 1.76 bits per heavy atom. The normalized spacial score (nSPS) is 13.2. The zero-order valence-corrected chi connectivity index (χ0v) is 27.8. The van der Waals surface area contributed by atoms with E-state index in [1.54, 1.807) is 0 Å². The van der Waals surface area contributed by atoms with Gasteiger partial charge in [0, 0.05) is 32.9 Å². The average Bonchev–Trinajstić information content (AvgIpc) is 3.64. The Morgan fingerprint density at radius 1 is 0.440 bits per heavy atom. The number of hydrogen-bond acceptors (Lipinski definition) is 3. The highest BCUT2D eigenvalue weighted by atomic mass is 15.1. The molecule has 0 N–H and O–H groups in total. The number of nitrogens with zero attached hydrogens (tertiary/aromatic N) is 4. The van der Waals surface area contributed by atoms with Crippen LogP contribution in [0, 0.1) is 0 Å². The van der Waals surface area contributed by atoms with Crippen LogP contribution in [0.15, 0.2) is 158 Å². The van der Waals surface area contributed by atoms with E-state index in [4.69, 9.17) is 15.0 Å². The summed E-state index contributed by atoms with van der Waals surface area (Å²) in [5.41, 5.74) is 11.5. The first-order valence-corrected chi connectivity index (χ1v) is 17.1. The fourth-order valence-electron chi connectivity index (χ4n) is 8.19. The summed E-state index contributed by atoms with van der Waals surface area (Å²) in [5, 5.41) is 5.09. The first-order chi connectivity index (χ1) is 24.6. The Balaban J connectivity index is 1.28. The molecular formula is C46H32N4. The zero-order chi connectivity index (χ0) is 33.4. The standard InChI is InChI=1S/C46H32N4/c1-46(2)36-22-12-9-19-32(36)33-27-25-29-26-28-39-41(40(29)42(33)46)34-20-10-13-23-37(34)50(39)38-24-14-11-21-35(38)45-48-43(30-15-5-3-6-16-30)47-44(49-45)31-17-7-4-8-18-31/h3-28H,1-2H3. The molecule has 7 aromatic carbocycles. The molecule has 2 heterocycles. The first-order valence-electron chi connectivity index (χ1n) is 17.1. The lowest BCUT2D eigenvalue weighted by molar-refractivity contribution is 0.666. The fourth-order valence-corrected chi connectivity index (χ4v) is 8.19. The van der Waals surface area contributed by atoms with Gasteiger partial charge in [0.2, 0.25) is 0 Å². The SMILES string of the molecule is CC1(C)c2ccccc2-c2ccc3ccc4c(c5ccccc5n4-c4ccccc4-c4nc(-c5ccccc5)nc(-c5ccccc5)n4)c3c21. The van der Waals surface area contributed by atoms with Gasteiger partial charge in [-0.25, -0.2) is 15.0 Å². The van der Waals surface area contributed by atoms with Crippen LogP contribution in [-0.4, -0.2) is 19.5 Å². The topological polar surface area (TPSA) is 43.6 Å². The van der Waals surface area contributed by atoms with Crippen LogP contribution in [0.4, 0.5) is 0 Å². The van der Waals surface area contributed by atoms with Gasteiger partial charge in [0.1, 0.15) is 0 Å². The van der Waals surface area contributed by atoms with Crippen molar-refractivity contribution < 1.29 is 0 Å². The summed E-state index contributed by atoms with van der Waals surface area (Å²) >= 11 is 0. The molecule has 4 nitrogen and oxygen atoms in total. The predicted octanol–water partition coefficient (Wildman–Crippen LogP) is 11.4. The van der Waals surface area contributed by atoms with Crippen LogP contribution < -0.4 is 0 Å². The summed E-state index contributed by atoms with van der Waals surface area (Å²) in [4.78, 5) is 15.2. The Kier molecular flexibility index (Phi) is 6.19. The lowest BCUT2D eigenvalue weighted by Gasteiger charge is -2.23. The molecule has 9 aromatic rings. The number of para-hydroxylation sites is 2. The van der Waals surface area contributed by atoms with E-state index in [2.05, 4.69) is 140 Å². The highest BCUT2D eigenvalue weighted by Gasteiger charge is 2.37. The van der Waals surface area contributed by atoms with Gasteiger partial charge in [0.15, 0.2) is 17.5 Å². The van der Waals surface area contributed by atoms with Gasteiger partial charge in [0.05, 0.1) is 16.7 Å². The van der Waals surface area contributed by atoms with E-state index < -0.39 is 0 Å². The van der Waals surface area contributed by atoms with Crippen molar-refractivity contribution in [3.8, 4) is 51.0 Å². The van der Waals surface area contributed by atoms with Gasteiger partial charge in [-0.1, -0.05) is 147 Å². The van der Waals surface area contributed by atoms with Gasteiger partial charge in [-0.05, 0) is 57.3 Å². The van der Waals surface area contributed by atoms with E-state index in [-0.39, 0.29) is 5.41 Å². The van der Waals surface area contributed by atoms with Crippen molar-refractivity contribution in [1.82, 2.24) is 19.5 Å². The van der Waals surface area contributed by atoms with Crippen LogP contribution in [0.3, 0.4) is 0 Å². The van der Waals surface area contributed by atoms with E-state index >= 15 is 0 Å². The number of benzene rings is 7. The monoisotopic (exact) mass is 640 g/mol. The molecule has 0 unspecified atom stereocenters. The van der Waals surface area contributed by atoms with Gasteiger partial charge >= 0.3 is 0 Å². The molecule has 10 rings (SSSR count). The minimum absolute atomic E-state index is 0.145. The number of hydrogen-bond donors (Lipinski definition) is 0. The average molecular weight is 641 g/mol. The van der Waals surface area contributed by atoms with Crippen LogP contribution in [0.5, 0.6) is 0 Å². The van der Waals surface area contributed by atoms with Gasteiger partial charge in [-0.3, -0.25) is 0 Å². The molecular weight excluding hydrogens is 609 g/mol. The van der Waals surface area contributed by atoms with Crippen molar-refractivity contribution in [2.75, 3.05) is 0 Å². The summed E-state index contributed by atoms with van der Waals surface area (Å²) in [6.45, 7) is 4.75. The van der Waals surface area contributed by atoms with Crippen LogP contribution >= 0.6 is 0 Å². The van der Waals surface area contributed by atoms with Crippen LogP contribution in [0.2, 0.25) is 0 Å². The third-order valence-corrected chi connectivity index (χ3v) is 10.4. The maximum absolute atomic E-state index is 5.13. The Labute approximate surface area is 290 Å². The molecule has 0 fully saturated rings. The molecule has 0 atom stereocenters. The molecule has 0 saturated carbocycles. The third-order valence-electron chi connectivity index (χ3n) is 10.4. The second kappa shape index (κ2) is 10.8. The molecule has 50 heavy (non-hydrogen) atoms. The van der Waals surface area contributed by atoms with Gasteiger partial charge < -0.3 is 4.57 Å². The van der Waals surface area contributed by atoms with E-state index in [1.165, 1.54) is 43.8 Å². The van der Waals surface area contributed by atoms with E-state index in [1.807, 2.05) is 36.4 Å². The van der Waals surface area contributed by atoms with Gasteiger partial charge in [0.25, 0.3) is 0 Å². The molecule has 2 aromatic heterocycles. The molecule has 0 spiro atoms. The van der Waals surface area contributed by atoms with Gasteiger partial charge in [-0.15, -0.1) is 0 Å². The predicted molar refractivity (Wildman–Crippen MR) is 206 cm³/mol. The van der Waals surface area contributed by atoms with E-state index in [9.17, 15) is 0 Å². The quantitative estimate of drug-likeness (QED) is 0.192. The van der Waals surface area contributed by atoms with Gasteiger partial charge in [-0.2, -0.15) is 0 Å². The molecule has 1 aliphatic rings. The lowest BCUT2D eigenvalue weighted by Crippen LogP contribution is -2.15. The molecule has 0 radical (unpaired) electrons. The lowest BCUT2D eigenvalue weighted by atomic mass is 9.79. The molecule has 0 amide bonds. The number of aromatic nitrogens is 4. The van der Waals surface area contributed by atoms with Crippen molar-refractivity contribution in [3.63, 3.8) is 0 Å². The largest absolute Gasteiger partial charge is 0.308 e. The summed E-state index contributed by atoms with van der Waals surface area (Å²) < 4.78 is 2.40. The highest BCUT2D eigenvalue weighted by Crippen LogP contribution is 2.53. The highest BCUT2D eigenvalue weighted by molar-refractivity contribution is 6.24. The Morgan fingerprint density at radius 2 is 1.02 bits per heavy atom. The number of fused-ring (bicyclic) bond motifs is 9. The smallest absolute Gasteiger partial charge is 0.166 e. The Bertz CT molecular complexity index is 2720. The molecule has 236 valence electrons. The summed E-state index contributed by atoms with van der Waals surface area (Å²) in [6, 6.07) is 55.7. The Hall–Kier alpha value is -6.39. The van der Waals surface area contributed by atoms with Crippen LogP contribution in [0.25, 0.3) is 83.6 Å². The maximum Gasteiger partial charge on any atom is 0.166 e. The van der Waals surface area contributed by atoms with E-state index in [0.29, 0.717) is 17.5 Å². The zero-order valence-electron chi connectivity index (χ0n) is 27.8. The van der Waals surface area contributed by atoms with Crippen molar-refractivity contribution >= 4 is 32.6 Å². The minimum Gasteiger partial charge on any atom is -0.308 e. The molecule has 0 aliphatic heterocycles. The first kappa shape index (κ1) is 28.6. The van der Waals surface area contributed by atoms with Crippen molar-refractivity contribution in [3.05, 3.63) is 169 Å². The van der Waals surface area contributed by atoms with Crippen LogP contribution in [-0.2, 0) is 5.41 Å².